The van der Waals surface area contributed by atoms with Crippen molar-refractivity contribution in [1.82, 2.24) is 5.32 Å². The molecule has 0 aromatic rings. The fraction of sp³-hybridized carbons (Fsp3) is 0.917. The average molecular weight is 227 g/mol. The summed E-state index contributed by atoms with van der Waals surface area (Å²) < 4.78 is 10.6. The largest absolute Gasteiger partial charge is 0.465 e. The van der Waals surface area contributed by atoms with Crippen LogP contribution in [0.4, 0.5) is 0 Å². The van der Waals surface area contributed by atoms with Crippen molar-refractivity contribution in [3.63, 3.8) is 0 Å². The van der Waals surface area contributed by atoms with Crippen LogP contribution in [0.5, 0.6) is 0 Å². The van der Waals surface area contributed by atoms with E-state index in [1.165, 1.54) is 12.8 Å². The van der Waals surface area contributed by atoms with Crippen molar-refractivity contribution in [2.75, 3.05) is 26.4 Å². The van der Waals surface area contributed by atoms with Gasteiger partial charge in [0.25, 0.3) is 0 Å². The third-order valence-electron chi connectivity index (χ3n) is 3.20. The first-order valence-electron chi connectivity index (χ1n) is 6.29. The summed E-state index contributed by atoms with van der Waals surface area (Å²) in [5.41, 5.74) is 0. The van der Waals surface area contributed by atoms with Crippen LogP contribution < -0.4 is 5.32 Å². The zero-order chi connectivity index (χ0) is 11.4. The molecule has 4 nitrogen and oxygen atoms in total. The van der Waals surface area contributed by atoms with E-state index in [1.807, 2.05) is 0 Å². The molecular formula is C12H21NO3. The van der Waals surface area contributed by atoms with Crippen molar-refractivity contribution >= 4 is 5.97 Å². The van der Waals surface area contributed by atoms with E-state index in [1.54, 1.807) is 0 Å². The lowest BCUT2D eigenvalue weighted by Crippen LogP contribution is -2.40. The number of esters is 1. The standard InChI is InChI=1S/C12H21NO3/c1-2-5-13-11-8-15-7-10(11)12(14)16-6-9-3-4-9/h9-11,13H,2-8H2,1H3. The summed E-state index contributed by atoms with van der Waals surface area (Å²) in [6.45, 7) is 4.79. The van der Waals surface area contributed by atoms with Gasteiger partial charge in [-0.3, -0.25) is 4.79 Å². The summed E-state index contributed by atoms with van der Waals surface area (Å²) in [7, 11) is 0. The zero-order valence-electron chi connectivity index (χ0n) is 9.91. The summed E-state index contributed by atoms with van der Waals surface area (Å²) in [5.74, 6) is 0.441. The minimum Gasteiger partial charge on any atom is -0.465 e. The van der Waals surface area contributed by atoms with E-state index in [-0.39, 0.29) is 17.9 Å². The van der Waals surface area contributed by atoms with E-state index < -0.39 is 0 Å². The molecule has 0 aromatic heterocycles. The molecule has 2 atom stereocenters. The summed E-state index contributed by atoms with van der Waals surface area (Å²) in [6, 6.07) is 0.145. The molecule has 1 aliphatic heterocycles. The SMILES string of the molecule is CCCNC1COCC1C(=O)OCC1CC1. The highest BCUT2D eigenvalue weighted by atomic mass is 16.5. The van der Waals surface area contributed by atoms with Crippen molar-refractivity contribution in [1.29, 1.82) is 0 Å². The Labute approximate surface area is 96.7 Å². The molecule has 2 rings (SSSR count). The minimum absolute atomic E-state index is 0.0852. The highest BCUT2D eigenvalue weighted by Gasteiger charge is 2.35. The van der Waals surface area contributed by atoms with Gasteiger partial charge in [0.2, 0.25) is 0 Å². The summed E-state index contributed by atoms with van der Waals surface area (Å²) in [5, 5.41) is 3.34. The maximum atomic E-state index is 11.8. The van der Waals surface area contributed by atoms with Gasteiger partial charge in [0.05, 0.1) is 25.7 Å². The lowest BCUT2D eigenvalue weighted by Gasteiger charge is -2.17. The first-order chi connectivity index (χ1) is 7.81. The molecule has 2 fully saturated rings. The first kappa shape index (κ1) is 11.9. The second-order valence-corrected chi connectivity index (χ2v) is 4.78. The molecule has 1 aliphatic carbocycles. The third kappa shape index (κ3) is 3.19. The molecule has 2 unspecified atom stereocenters. The van der Waals surface area contributed by atoms with Crippen LogP contribution in [0.3, 0.4) is 0 Å². The topological polar surface area (TPSA) is 47.6 Å². The summed E-state index contributed by atoms with van der Waals surface area (Å²) in [6.07, 6.45) is 3.50. The maximum absolute atomic E-state index is 11.8. The first-order valence-corrected chi connectivity index (χ1v) is 6.29. The van der Waals surface area contributed by atoms with E-state index in [0.29, 0.717) is 25.7 Å². The van der Waals surface area contributed by atoms with E-state index in [2.05, 4.69) is 12.2 Å². The molecule has 0 bridgehead atoms. The third-order valence-corrected chi connectivity index (χ3v) is 3.20. The van der Waals surface area contributed by atoms with Crippen LogP contribution in [0.2, 0.25) is 0 Å². The second kappa shape index (κ2) is 5.64. The second-order valence-electron chi connectivity index (χ2n) is 4.78. The molecule has 92 valence electrons. The van der Waals surface area contributed by atoms with Crippen molar-refractivity contribution in [3.8, 4) is 0 Å². The molecule has 1 heterocycles. The lowest BCUT2D eigenvalue weighted by molar-refractivity contribution is -0.149. The van der Waals surface area contributed by atoms with Gasteiger partial charge in [-0.25, -0.2) is 0 Å². The molecular weight excluding hydrogens is 206 g/mol. The van der Waals surface area contributed by atoms with E-state index in [9.17, 15) is 4.79 Å². The Balaban J connectivity index is 1.73. The van der Waals surface area contributed by atoms with Crippen LogP contribution >= 0.6 is 0 Å². The monoisotopic (exact) mass is 227 g/mol. The van der Waals surface area contributed by atoms with Gasteiger partial charge in [-0.1, -0.05) is 6.92 Å². The van der Waals surface area contributed by atoms with Crippen molar-refractivity contribution in [2.24, 2.45) is 11.8 Å². The molecule has 0 amide bonds. The van der Waals surface area contributed by atoms with Crippen LogP contribution in [0.15, 0.2) is 0 Å². The molecule has 16 heavy (non-hydrogen) atoms. The van der Waals surface area contributed by atoms with Gasteiger partial charge in [-0.05, 0) is 31.7 Å². The van der Waals surface area contributed by atoms with E-state index in [4.69, 9.17) is 9.47 Å². The predicted molar refractivity (Wildman–Crippen MR) is 60.1 cm³/mol. The number of ether oxygens (including phenoxy) is 2. The van der Waals surface area contributed by atoms with Gasteiger partial charge < -0.3 is 14.8 Å². The number of hydrogen-bond donors (Lipinski definition) is 1. The molecule has 2 aliphatic rings. The van der Waals surface area contributed by atoms with Crippen LogP contribution in [0.1, 0.15) is 26.2 Å². The highest BCUT2D eigenvalue weighted by molar-refractivity contribution is 5.73. The van der Waals surface area contributed by atoms with Crippen molar-refractivity contribution in [3.05, 3.63) is 0 Å². The number of rotatable bonds is 6. The van der Waals surface area contributed by atoms with Gasteiger partial charge in [0.1, 0.15) is 0 Å². The summed E-state index contributed by atoms with van der Waals surface area (Å²) >= 11 is 0. The van der Waals surface area contributed by atoms with Crippen molar-refractivity contribution < 1.29 is 14.3 Å². The van der Waals surface area contributed by atoms with Crippen LogP contribution in [-0.4, -0.2) is 38.4 Å². The smallest absolute Gasteiger partial charge is 0.312 e. The Kier molecular flexibility index (Phi) is 4.18. The van der Waals surface area contributed by atoms with Gasteiger partial charge in [-0.15, -0.1) is 0 Å². The molecule has 1 saturated heterocycles. The number of hydrogen-bond acceptors (Lipinski definition) is 4. The summed E-state index contributed by atoms with van der Waals surface area (Å²) in [4.78, 5) is 11.8. The number of nitrogens with one attached hydrogen (secondary N) is 1. The fourth-order valence-electron chi connectivity index (χ4n) is 1.91. The van der Waals surface area contributed by atoms with Gasteiger partial charge >= 0.3 is 5.97 Å². The Bertz CT molecular complexity index is 240. The number of carbonyl (C=O) groups excluding carboxylic acids is 1. The fourth-order valence-corrected chi connectivity index (χ4v) is 1.91. The van der Waals surface area contributed by atoms with Crippen LogP contribution in [0.25, 0.3) is 0 Å². The minimum atomic E-state index is -0.106. The van der Waals surface area contributed by atoms with E-state index >= 15 is 0 Å². The lowest BCUT2D eigenvalue weighted by atomic mass is 10.0. The maximum Gasteiger partial charge on any atom is 0.312 e. The Hall–Kier alpha value is -0.610. The predicted octanol–water partition coefficient (Wildman–Crippen LogP) is 0.954. The molecule has 1 saturated carbocycles. The average Bonchev–Trinajstić information content (AvgIpc) is 3.00. The Morgan fingerprint density at radius 2 is 2.25 bits per heavy atom. The molecule has 0 spiro atoms. The van der Waals surface area contributed by atoms with Gasteiger partial charge in [-0.2, -0.15) is 0 Å². The Morgan fingerprint density at radius 3 is 2.94 bits per heavy atom. The molecule has 4 heteroatoms. The van der Waals surface area contributed by atoms with Gasteiger partial charge in [0.15, 0.2) is 0 Å². The quantitative estimate of drug-likeness (QED) is 0.686. The molecule has 0 aromatic carbocycles. The van der Waals surface area contributed by atoms with Crippen LogP contribution in [-0.2, 0) is 14.3 Å². The Morgan fingerprint density at radius 1 is 1.44 bits per heavy atom. The molecule has 1 N–H and O–H groups in total. The van der Waals surface area contributed by atoms with Crippen molar-refractivity contribution in [2.45, 2.75) is 32.2 Å². The number of carbonyl (C=O) groups is 1. The van der Waals surface area contributed by atoms with Gasteiger partial charge in [0, 0.05) is 6.04 Å². The van der Waals surface area contributed by atoms with E-state index in [0.717, 1.165) is 13.0 Å². The zero-order valence-corrected chi connectivity index (χ0v) is 9.91. The normalized spacial score (nSPS) is 29.3. The van der Waals surface area contributed by atoms with Crippen LogP contribution in [0, 0.1) is 11.8 Å². The molecule has 0 radical (unpaired) electrons. The highest BCUT2D eigenvalue weighted by Crippen LogP contribution is 2.29.